The minimum absolute atomic E-state index is 0.530. The van der Waals surface area contributed by atoms with Gasteiger partial charge in [0, 0.05) is 50.6 Å². The minimum Gasteiger partial charge on any atom is -0.497 e. The van der Waals surface area contributed by atoms with E-state index in [0.717, 1.165) is 37.7 Å². The Hall–Kier alpha value is -1.86. The predicted molar refractivity (Wildman–Crippen MR) is 135 cm³/mol. The van der Waals surface area contributed by atoms with E-state index in [4.69, 9.17) is 27.9 Å². The van der Waals surface area contributed by atoms with Crippen LogP contribution in [0.1, 0.15) is 23.8 Å². The van der Waals surface area contributed by atoms with Crippen molar-refractivity contribution in [2.24, 2.45) is 0 Å². The molecule has 0 saturated carbocycles. The van der Waals surface area contributed by atoms with Crippen LogP contribution in [0.5, 0.6) is 5.75 Å². The van der Waals surface area contributed by atoms with Crippen molar-refractivity contribution in [1.29, 1.82) is 0 Å². The molecule has 0 aliphatic carbocycles. The van der Waals surface area contributed by atoms with Gasteiger partial charge in [0.05, 0.1) is 18.3 Å². The second-order valence-corrected chi connectivity index (χ2v) is 9.40. The number of nitrogens with zero attached hydrogens (tertiary/aromatic N) is 2. The second-order valence-electron chi connectivity index (χ2n) is 6.64. The third-order valence-electron chi connectivity index (χ3n) is 4.51. The number of anilines is 1. The minimum atomic E-state index is 0.530. The Balaban J connectivity index is 1.84. The molecule has 0 unspecified atom stereocenters. The molecule has 3 rings (SSSR count). The number of halogens is 3. The van der Waals surface area contributed by atoms with Gasteiger partial charge in [-0.2, -0.15) is 0 Å². The molecule has 162 valence electrons. The highest BCUT2D eigenvalue weighted by Crippen LogP contribution is 2.35. The maximum Gasteiger partial charge on any atom is 0.135 e. The summed E-state index contributed by atoms with van der Waals surface area (Å²) in [5, 5.41) is 4.69. The molecule has 0 saturated heterocycles. The van der Waals surface area contributed by atoms with E-state index in [1.165, 1.54) is 0 Å². The number of thiazole rings is 1. The van der Waals surface area contributed by atoms with Crippen LogP contribution in [0.4, 0.5) is 5.82 Å². The molecule has 2 heterocycles. The van der Waals surface area contributed by atoms with E-state index in [1.54, 1.807) is 24.6 Å². The summed E-state index contributed by atoms with van der Waals surface area (Å²) in [6, 6.07) is 9.95. The van der Waals surface area contributed by atoms with Crippen molar-refractivity contribution >= 4 is 56.3 Å². The zero-order valence-corrected chi connectivity index (χ0v) is 21.1. The quantitative estimate of drug-likeness (QED) is 0.282. The molecule has 1 aromatic carbocycles. The molecule has 0 bridgehead atoms. The largest absolute Gasteiger partial charge is 0.497 e. The van der Waals surface area contributed by atoms with Crippen LogP contribution in [-0.4, -0.2) is 17.1 Å². The third-order valence-corrected chi connectivity index (χ3v) is 6.62. The summed E-state index contributed by atoms with van der Waals surface area (Å²) in [5.41, 5.74) is 4.71. The maximum absolute atomic E-state index is 6.50. The molecule has 0 spiro atoms. The molecule has 4 nitrogen and oxygen atoms in total. The highest BCUT2D eigenvalue weighted by molar-refractivity contribution is 9.10. The smallest absolute Gasteiger partial charge is 0.135 e. The Bertz CT molecular complexity index is 1080. The molecular formula is C23H22BrCl2N3OS. The number of aromatic nitrogens is 2. The van der Waals surface area contributed by atoms with Crippen LogP contribution in [-0.2, 0) is 13.0 Å². The Morgan fingerprint density at radius 2 is 1.97 bits per heavy atom. The van der Waals surface area contributed by atoms with Gasteiger partial charge in [-0.1, -0.05) is 47.5 Å². The van der Waals surface area contributed by atoms with Crippen LogP contribution in [0, 0.1) is 0 Å². The van der Waals surface area contributed by atoms with E-state index in [0.29, 0.717) is 29.5 Å². The first-order chi connectivity index (χ1) is 15.0. The molecule has 0 radical (unpaired) electrons. The first-order valence-corrected chi connectivity index (χ1v) is 12.0. The number of rotatable bonds is 9. The summed E-state index contributed by atoms with van der Waals surface area (Å²) >= 11 is 17.9. The van der Waals surface area contributed by atoms with Crippen molar-refractivity contribution in [2.75, 3.05) is 12.4 Å². The number of hydrogen-bond donors (Lipinski definition) is 1. The third kappa shape index (κ3) is 6.56. The van der Waals surface area contributed by atoms with Gasteiger partial charge in [0.15, 0.2) is 0 Å². The van der Waals surface area contributed by atoms with Gasteiger partial charge < -0.3 is 10.1 Å². The van der Waals surface area contributed by atoms with E-state index >= 15 is 0 Å². The summed E-state index contributed by atoms with van der Waals surface area (Å²) in [5.74, 6) is 1.59. The highest BCUT2D eigenvalue weighted by atomic mass is 79.9. The van der Waals surface area contributed by atoms with Crippen molar-refractivity contribution < 1.29 is 4.74 Å². The summed E-state index contributed by atoms with van der Waals surface area (Å²) in [4.78, 5) is 10.2. The van der Waals surface area contributed by atoms with Gasteiger partial charge in [-0.15, -0.1) is 11.3 Å². The first kappa shape index (κ1) is 23.8. The number of pyridine rings is 1. The SMILES string of the molecule is C/C=C\C/C(Cl)=C(/Cl)Cc1scnc1-c1cc(Br)cnc1NCc1ccc(OC)cc1. The molecule has 3 aromatic rings. The van der Waals surface area contributed by atoms with E-state index in [2.05, 4.69) is 31.2 Å². The van der Waals surface area contributed by atoms with Crippen molar-refractivity contribution in [2.45, 2.75) is 26.3 Å². The van der Waals surface area contributed by atoms with Gasteiger partial charge in [-0.05, 0) is 46.6 Å². The molecule has 0 aliphatic rings. The predicted octanol–water partition coefficient (Wildman–Crippen LogP) is 7.79. The fourth-order valence-corrected chi connectivity index (χ4v) is 4.44. The van der Waals surface area contributed by atoms with Gasteiger partial charge in [0.1, 0.15) is 11.6 Å². The van der Waals surface area contributed by atoms with Crippen LogP contribution in [0.3, 0.4) is 0 Å². The first-order valence-electron chi connectivity index (χ1n) is 9.61. The number of methoxy groups -OCH3 is 1. The zero-order chi connectivity index (χ0) is 22.2. The highest BCUT2D eigenvalue weighted by Gasteiger charge is 2.16. The normalized spacial score (nSPS) is 12.2. The van der Waals surface area contributed by atoms with Crippen LogP contribution < -0.4 is 10.1 Å². The van der Waals surface area contributed by atoms with Crippen LogP contribution in [0.15, 0.2) is 68.7 Å². The lowest BCUT2D eigenvalue weighted by molar-refractivity contribution is 0.414. The Kier molecular flexibility index (Phi) is 8.96. The number of benzene rings is 1. The Morgan fingerprint density at radius 3 is 2.68 bits per heavy atom. The average Bonchev–Trinajstić information content (AvgIpc) is 3.24. The lowest BCUT2D eigenvalue weighted by atomic mass is 10.1. The molecule has 31 heavy (non-hydrogen) atoms. The monoisotopic (exact) mass is 537 g/mol. The number of ether oxygens (including phenoxy) is 1. The molecule has 0 fully saturated rings. The lowest BCUT2D eigenvalue weighted by Gasteiger charge is -2.12. The molecule has 0 atom stereocenters. The van der Waals surface area contributed by atoms with Gasteiger partial charge in [-0.25, -0.2) is 9.97 Å². The molecule has 2 aromatic heterocycles. The van der Waals surface area contributed by atoms with Crippen molar-refractivity contribution in [3.05, 3.63) is 79.2 Å². The maximum atomic E-state index is 6.50. The van der Waals surface area contributed by atoms with Gasteiger partial charge in [-0.3, -0.25) is 0 Å². The summed E-state index contributed by atoms with van der Waals surface area (Å²) in [6.45, 7) is 2.58. The number of nitrogens with one attached hydrogen (secondary N) is 1. The topological polar surface area (TPSA) is 47.0 Å². The molecule has 0 aliphatic heterocycles. The van der Waals surface area contributed by atoms with Crippen LogP contribution in [0.2, 0.25) is 0 Å². The fourth-order valence-electron chi connectivity index (χ4n) is 2.87. The molecule has 0 amide bonds. The van der Waals surface area contributed by atoms with Crippen molar-refractivity contribution in [3.63, 3.8) is 0 Å². The lowest BCUT2D eigenvalue weighted by Crippen LogP contribution is -2.04. The second kappa shape index (κ2) is 11.7. The fraction of sp³-hybridized carbons (Fsp3) is 0.217. The molecule has 8 heteroatoms. The molecule has 1 N–H and O–H groups in total. The van der Waals surface area contributed by atoms with Gasteiger partial charge >= 0.3 is 0 Å². The van der Waals surface area contributed by atoms with E-state index in [9.17, 15) is 0 Å². The van der Waals surface area contributed by atoms with E-state index in [-0.39, 0.29) is 0 Å². The van der Waals surface area contributed by atoms with Crippen molar-refractivity contribution in [3.8, 4) is 17.0 Å². The van der Waals surface area contributed by atoms with Crippen molar-refractivity contribution in [1.82, 2.24) is 9.97 Å². The van der Waals surface area contributed by atoms with Gasteiger partial charge in [0.25, 0.3) is 0 Å². The van der Waals surface area contributed by atoms with E-state index < -0.39 is 0 Å². The summed E-state index contributed by atoms with van der Waals surface area (Å²) < 4.78 is 6.10. The number of allylic oxidation sites excluding steroid dienone is 4. The van der Waals surface area contributed by atoms with Gasteiger partial charge in [0.2, 0.25) is 0 Å². The summed E-state index contributed by atoms with van der Waals surface area (Å²) in [7, 11) is 1.66. The van der Waals surface area contributed by atoms with Crippen LogP contribution >= 0.6 is 50.5 Å². The zero-order valence-electron chi connectivity index (χ0n) is 17.2. The standard InChI is InChI=1S/C23H22BrCl2N3OS/c1-3-4-5-19(25)20(26)11-21-22(29-14-31-21)18-10-16(24)13-28-23(18)27-12-15-6-8-17(30-2)9-7-15/h3-4,6-10,13-14H,5,11-12H2,1-2H3,(H,27,28)/b4-3-,20-19-. The Labute approximate surface area is 205 Å². The van der Waals surface area contributed by atoms with E-state index in [1.807, 2.05) is 54.9 Å². The molecular weight excluding hydrogens is 517 g/mol. The van der Waals surface area contributed by atoms with Crippen LogP contribution in [0.25, 0.3) is 11.3 Å². The Morgan fingerprint density at radius 1 is 1.19 bits per heavy atom. The summed E-state index contributed by atoms with van der Waals surface area (Å²) in [6.07, 6.45) is 6.86. The number of hydrogen-bond acceptors (Lipinski definition) is 5. The average molecular weight is 539 g/mol.